The van der Waals surface area contributed by atoms with Gasteiger partial charge in [0, 0.05) is 23.9 Å². The van der Waals surface area contributed by atoms with Crippen LogP contribution in [-0.2, 0) is 11.2 Å². The molecule has 2 heterocycles. The van der Waals surface area contributed by atoms with E-state index in [0.717, 1.165) is 29.4 Å². The summed E-state index contributed by atoms with van der Waals surface area (Å²) in [5.74, 6) is -0.374. The Morgan fingerprint density at radius 3 is 2.74 bits per heavy atom. The van der Waals surface area contributed by atoms with Crippen molar-refractivity contribution in [3.63, 3.8) is 0 Å². The van der Waals surface area contributed by atoms with Gasteiger partial charge in [0.25, 0.3) is 0 Å². The van der Waals surface area contributed by atoms with Crippen LogP contribution in [-0.4, -0.2) is 17.6 Å². The summed E-state index contributed by atoms with van der Waals surface area (Å²) in [7, 11) is 0. The van der Waals surface area contributed by atoms with Gasteiger partial charge in [0.2, 0.25) is 5.91 Å². The molecule has 3 nitrogen and oxygen atoms in total. The van der Waals surface area contributed by atoms with Crippen molar-refractivity contribution in [1.82, 2.24) is 0 Å². The van der Waals surface area contributed by atoms with Crippen LogP contribution in [0.2, 0.25) is 0 Å². The Morgan fingerprint density at radius 1 is 1.13 bits per heavy atom. The molecular weight excluding hydrogens is 311 g/mol. The molecule has 23 heavy (non-hydrogen) atoms. The second kappa shape index (κ2) is 5.81. The van der Waals surface area contributed by atoms with Crippen molar-refractivity contribution in [2.75, 3.05) is 11.4 Å². The third-order valence-corrected chi connectivity index (χ3v) is 5.43. The smallest absolute Gasteiger partial charge is 0.249 e. The molecule has 5 heteroatoms. The first-order valence-corrected chi connectivity index (χ1v) is 8.48. The molecule has 2 aromatic carbocycles. The maximum atomic E-state index is 13.1. The number of thioether (sulfide) groups is 1. The lowest BCUT2D eigenvalue weighted by Gasteiger charge is -2.27. The van der Waals surface area contributed by atoms with E-state index in [9.17, 15) is 9.18 Å². The molecule has 0 saturated carbocycles. The Morgan fingerprint density at radius 2 is 1.91 bits per heavy atom. The molecule has 0 saturated heterocycles. The van der Waals surface area contributed by atoms with Gasteiger partial charge in [-0.15, -0.1) is 0 Å². The zero-order valence-electron chi connectivity index (χ0n) is 12.4. The fraction of sp³-hybridized carbons (Fsp3) is 0.222. The van der Waals surface area contributed by atoms with E-state index in [1.807, 2.05) is 12.1 Å². The van der Waals surface area contributed by atoms with Gasteiger partial charge in [-0.25, -0.2) is 4.39 Å². The predicted octanol–water partition coefficient (Wildman–Crippen LogP) is 3.95. The maximum absolute atomic E-state index is 13.1. The summed E-state index contributed by atoms with van der Waals surface area (Å²) in [5, 5.41) is 0.740. The van der Waals surface area contributed by atoms with Crippen LogP contribution >= 0.6 is 11.8 Å². The topological polar surface area (TPSA) is 32.7 Å². The highest BCUT2D eigenvalue weighted by atomic mass is 32.2. The zero-order chi connectivity index (χ0) is 15.8. The van der Waals surface area contributed by atoms with Gasteiger partial charge in [-0.1, -0.05) is 42.1 Å². The van der Waals surface area contributed by atoms with E-state index in [2.05, 4.69) is 22.0 Å². The minimum Gasteiger partial charge on any atom is -0.320 e. The van der Waals surface area contributed by atoms with Gasteiger partial charge in [0.05, 0.1) is 0 Å². The monoisotopic (exact) mass is 326 g/mol. The average molecular weight is 326 g/mol. The van der Waals surface area contributed by atoms with E-state index in [1.54, 1.807) is 23.9 Å². The molecule has 0 fully saturated rings. The summed E-state index contributed by atoms with van der Waals surface area (Å²) in [6.45, 7) is 0.842. The highest BCUT2D eigenvalue weighted by Crippen LogP contribution is 2.40. The van der Waals surface area contributed by atoms with E-state index >= 15 is 0 Å². The highest BCUT2D eigenvalue weighted by Gasteiger charge is 2.31. The van der Waals surface area contributed by atoms with Crippen molar-refractivity contribution in [3.05, 3.63) is 65.5 Å². The number of nitrogens with zero attached hydrogens (tertiary/aromatic N) is 2. The predicted molar refractivity (Wildman–Crippen MR) is 91.3 cm³/mol. The molecule has 0 spiro atoms. The molecular formula is C18H15FN2OS. The lowest BCUT2D eigenvalue weighted by molar-refractivity contribution is -0.117. The van der Waals surface area contributed by atoms with Crippen molar-refractivity contribution >= 4 is 28.5 Å². The van der Waals surface area contributed by atoms with Crippen LogP contribution < -0.4 is 4.90 Å². The van der Waals surface area contributed by atoms with Crippen LogP contribution in [0.1, 0.15) is 22.8 Å². The van der Waals surface area contributed by atoms with Crippen molar-refractivity contribution in [1.29, 1.82) is 0 Å². The summed E-state index contributed by atoms with van der Waals surface area (Å²) >= 11 is 1.59. The fourth-order valence-corrected chi connectivity index (χ4v) is 4.28. The molecule has 116 valence electrons. The van der Waals surface area contributed by atoms with E-state index in [4.69, 9.17) is 0 Å². The summed E-state index contributed by atoms with van der Waals surface area (Å²) < 4.78 is 13.1. The number of para-hydroxylation sites is 1. The number of carbonyl (C=O) groups excluding carboxylic acids is 1. The van der Waals surface area contributed by atoms with E-state index < -0.39 is 0 Å². The molecule has 0 N–H and O–H groups in total. The highest BCUT2D eigenvalue weighted by molar-refractivity contribution is 8.14. The molecule has 0 aliphatic carbocycles. The first kappa shape index (κ1) is 14.5. The first-order valence-electron chi connectivity index (χ1n) is 7.60. The number of hydrogen-bond acceptors (Lipinski definition) is 3. The molecule has 4 rings (SSSR count). The number of aliphatic imine (C=N–C) groups is 1. The number of hydrogen-bond donors (Lipinski definition) is 0. The summed E-state index contributed by atoms with van der Waals surface area (Å²) in [6.07, 6.45) is 1.32. The standard InChI is InChI=1S/C18H15FN2OS/c19-14-7-5-13(6-8-14)16-11-17(22)20-18(23-16)21-10-9-12-3-1-2-4-15(12)21/h1-8,16H,9-11H2. The Hall–Kier alpha value is -2.14. The quantitative estimate of drug-likeness (QED) is 0.795. The third-order valence-electron chi connectivity index (χ3n) is 4.19. The van der Waals surface area contributed by atoms with Crippen LogP contribution in [0.5, 0.6) is 0 Å². The normalized spacial score (nSPS) is 20.4. The minimum atomic E-state index is -0.261. The third kappa shape index (κ3) is 2.77. The van der Waals surface area contributed by atoms with Crippen molar-refractivity contribution in [2.24, 2.45) is 4.99 Å². The van der Waals surface area contributed by atoms with E-state index in [-0.39, 0.29) is 17.0 Å². The fourth-order valence-electron chi connectivity index (χ4n) is 3.03. The average Bonchev–Trinajstić information content (AvgIpc) is 2.99. The maximum Gasteiger partial charge on any atom is 0.249 e. The van der Waals surface area contributed by atoms with Gasteiger partial charge in [-0.05, 0) is 35.7 Å². The van der Waals surface area contributed by atoms with E-state index in [0.29, 0.717) is 6.42 Å². The van der Waals surface area contributed by atoms with Crippen LogP contribution in [0.4, 0.5) is 10.1 Å². The van der Waals surface area contributed by atoms with Crippen LogP contribution in [0.15, 0.2) is 53.5 Å². The zero-order valence-corrected chi connectivity index (χ0v) is 13.2. The molecule has 0 radical (unpaired) electrons. The Kier molecular flexibility index (Phi) is 3.65. The molecule has 0 bridgehead atoms. The Bertz CT molecular complexity index is 788. The molecule has 2 aromatic rings. The van der Waals surface area contributed by atoms with Crippen molar-refractivity contribution in [2.45, 2.75) is 18.1 Å². The molecule has 2 aliphatic heterocycles. The summed E-state index contributed by atoms with van der Waals surface area (Å²) in [4.78, 5) is 18.5. The Balaban J connectivity index is 1.63. The second-order valence-corrected chi connectivity index (χ2v) is 6.85. The summed E-state index contributed by atoms with van der Waals surface area (Å²) in [5.41, 5.74) is 3.38. The lowest BCUT2D eigenvalue weighted by atomic mass is 10.1. The second-order valence-electron chi connectivity index (χ2n) is 5.68. The molecule has 1 atom stereocenters. The van der Waals surface area contributed by atoms with Crippen LogP contribution in [0.3, 0.4) is 0 Å². The van der Waals surface area contributed by atoms with Gasteiger partial charge in [-0.3, -0.25) is 4.79 Å². The number of halogens is 1. The molecule has 1 unspecified atom stereocenters. The van der Waals surface area contributed by atoms with Gasteiger partial charge < -0.3 is 4.90 Å². The van der Waals surface area contributed by atoms with Gasteiger partial charge in [0.15, 0.2) is 5.17 Å². The largest absolute Gasteiger partial charge is 0.320 e. The SMILES string of the molecule is O=C1CC(c2ccc(F)cc2)SC(N2CCc3ccccc32)=N1. The Labute approximate surface area is 138 Å². The van der Waals surface area contributed by atoms with E-state index in [1.165, 1.54) is 17.7 Å². The first-order chi connectivity index (χ1) is 11.2. The number of fused-ring (bicyclic) bond motifs is 1. The van der Waals surface area contributed by atoms with Crippen LogP contribution in [0.25, 0.3) is 0 Å². The number of benzene rings is 2. The van der Waals surface area contributed by atoms with Gasteiger partial charge in [0.1, 0.15) is 5.82 Å². The number of carbonyl (C=O) groups is 1. The van der Waals surface area contributed by atoms with Crippen LogP contribution in [0, 0.1) is 5.82 Å². The minimum absolute atomic E-state index is 0.0108. The van der Waals surface area contributed by atoms with Gasteiger partial charge >= 0.3 is 0 Å². The number of amidine groups is 1. The molecule has 2 aliphatic rings. The van der Waals surface area contributed by atoms with Gasteiger partial charge in [-0.2, -0.15) is 4.99 Å². The lowest BCUT2D eigenvalue weighted by Crippen LogP contribution is -2.30. The molecule has 0 aromatic heterocycles. The number of amides is 1. The summed E-state index contributed by atoms with van der Waals surface area (Å²) in [6, 6.07) is 14.6. The molecule has 1 amide bonds. The van der Waals surface area contributed by atoms with Crippen molar-refractivity contribution in [3.8, 4) is 0 Å². The van der Waals surface area contributed by atoms with Crippen molar-refractivity contribution < 1.29 is 9.18 Å². The number of anilines is 1. The number of rotatable bonds is 1.